The van der Waals surface area contributed by atoms with Gasteiger partial charge in [-0.3, -0.25) is 4.39 Å². The van der Waals surface area contributed by atoms with E-state index in [1.54, 1.807) is 24.3 Å². The molecule has 12 heavy (non-hydrogen) atoms. The zero-order chi connectivity index (χ0) is 8.81. The minimum absolute atomic E-state index is 0.278. The van der Waals surface area contributed by atoms with Crippen LogP contribution >= 0.6 is 0 Å². The van der Waals surface area contributed by atoms with Crippen molar-refractivity contribution in [2.24, 2.45) is 0 Å². The first-order valence-electron chi connectivity index (χ1n) is 4.09. The molecule has 0 aliphatic heterocycles. The molecule has 0 N–H and O–H groups in total. The molecule has 1 atom stereocenters. The van der Waals surface area contributed by atoms with E-state index in [9.17, 15) is 8.78 Å². The van der Waals surface area contributed by atoms with Gasteiger partial charge >= 0.3 is 0 Å². The first kappa shape index (κ1) is 9.17. The number of rotatable bonds is 4. The van der Waals surface area contributed by atoms with Crippen molar-refractivity contribution in [2.75, 3.05) is 6.67 Å². The summed E-state index contributed by atoms with van der Waals surface area (Å²) >= 11 is 0. The molecule has 0 aliphatic carbocycles. The standard InChI is InChI=1S/C10H12F2/c11-8-4-7-10(12)9-5-2-1-3-6-9/h1-3,5-6,10H,4,7-8H2. The van der Waals surface area contributed by atoms with Gasteiger partial charge in [0.05, 0.1) is 6.67 Å². The van der Waals surface area contributed by atoms with E-state index in [4.69, 9.17) is 0 Å². The summed E-state index contributed by atoms with van der Waals surface area (Å²) in [5.41, 5.74) is 0.644. The fraction of sp³-hybridized carbons (Fsp3) is 0.400. The van der Waals surface area contributed by atoms with Crippen LogP contribution in [0.15, 0.2) is 30.3 Å². The van der Waals surface area contributed by atoms with Crippen molar-refractivity contribution in [1.29, 1.82) is 0 Å². The summed E-state index contributed by atoms with van der Waals surface area (Å²) in [4.78, 5) is 0. The monoisotopic (exact) mass is 170 g/mol. The summed E-state index contributed by atoms with van der Waals surface area (Å²) in [6.45, 7) is -0.437. The molecular weight excluding hydrogens is 158 g/mol. The van der Waals surface area contributed by atoms with Gasteiger partial charge in [-0.05, 0) is 18.4 Å². The van der Waals surface area contributed by atoms with Gasteiger partial charge in [-0.2, -0.15) is 0 Å². The van der Waals surface area contributed by atoms with Crippen molar-refractivity contribution in [1.82, 2.24) is 0 Å². The van der Waals surface area contributed by atoms with Gasteiger partial charge in [-0.15, -0.1) is 0 Å². The van der Waals surface area contributed by atoms with Crippen LogP contribution in [0.2, 0.25) is 0 Å². The van der Waals surface area contributed by atoms with Crippen molar-refractivity contribution in [3.63, 3.8) is 0 Å². The predicted molar refractivity (Wildman–Crippen MR) is 45.5 cm³/mol. The van der Waals surface area contributed by atoms with Gasteiger partial charge in [0.25, 0.3) is 0 Å². The molecule has 0 radical (unpaired) electrons. The lowest BCUT2D eigenvalue weighted by molar-refractivity contribution is 0.301. The molecule has 1 aromatic rings. The fourth-order valence-electron chi connectivity index (χ4n) is 1.08. The van der Waals surface area contributed by atoms with Crippen LogP contribution in [0.5, 0.6) is 0 Å². The smallest absolute Gasteiger partial charge is 0.125 e. The average Bonchev–Trinajstić information content (AvgIpc) is 2.15. The molecule has 0 fully saturated rings. The molecule has 0 spiro atoms. The van der Waals surface area contributed by atoms with Crippen LogP contribution in [0, 0.1) is 0 Å². The highest BCUT2D eigenvalue weighted by Crippen LogP contribution is 2.21. The van der Waals surface area contributed by atoms with Crippen molar-refractivity contribution < 1.29 is 8.78 Å². The summed E-state index contributed by atoms with van der Waals surface area (Å²) in [5.74, 6) is 0. The number of hydrogen-bond acceptors (Lipinski definition) is 0. The predicted octanol–water partition coefficient (Wildman–Crippen LogP) is 3.45. The van der Waals surface area contributed by atoms with Crippen LogP contribution in [0.4, 0.5) is 8.78 Å². The van der Waals surface area contributed by atoms with Gasteiger partial charge in [0.1, 0.15) is 6.17 Å². The average molecular weight is 170 g/mol. The molecule has 0 nitrogen and oxygen atoms in total. The van der Waals surface area contributed by atoms with E-state index in [-0.39, 0.29) is 6.42 Å². The third-order valence-electron chi connectivity index (χ3n) is 1.75. The zero-order valence-electron chi connectivity index (χ0n) is 6.84. The van der Waals surface area contributed by atoms with Crippen LogP contribution in [0.25, 0.3) is 0 Å². The Morgan fingerprint density at radius 1 is 1.17 bits per heavy atom. The topological polar surface area (TPSA) is 0 Å². The maximum Gasteiger partial charge on any atom is 0.125 e. The van der Waals surface area contributed by atoms with Crippen molar-refractivity contribution in [3.05, 3.63) is 35.9 Å². The van der Waals surface area contributed by atoms with E-state index in [1.807, 2.05) is 6.07 Å². The van der Waals surface area contributed by atoms with Gasteiger partial charge in [0.2, 0.25) is 0 Å². The molecule has 1 unspecified atom stereocenters. The lowest BCUT2D eigenvalue weighted by atomic mass is 10.1. The highest BCUT2D eigenvalue weighted by Gasteiger charge is 2.07. The SMILES string of the molecule is FCCCC(F)c1ccccc1. The molecule has 0 saturated carbocycles. The molecule has 2 heteroatoms. The van der Waals surface area contributed by atoms with E-state index in [0.717, 1.165) is 0 Å². The fourth-order valence-corrected chi connectivity index (χ4v) is 1.08. The Labute approximate surface area is 71.2 Å². The second kappa shape index (κ2) is 4.86. The van der Waals surface area contributed by atoms with Crippen LogP contribution in [-0.4, -0.2) is 6.67 Å². The second-order valence-electron chi connectivity index (χ2n) is 2.71. The Kier molecular flexibility index (Phi) is 3.71. The van der Waals surface area contributed by atoms with Crippen LogP contribution < -0.4 is 0 Å². The van der Waals surface area contributed by atoms with E-state index >= 15 is 0 Å². The summed E-state index contributed by atoms with van der Waals surface area (Å²) < 4.78 is 24.9. The summed E-state index contributed by atoms with van der Waals surface area (Å²) in [7, 11) is 0. The van der Waals surface area contributed by atoms with Crippen molar-refractivity contribution >= 4 is 0 Å². The second-order valence-corrected chi connectivity index (χ2v) is 2.71. The summed E-state index contributed by atoms with van der Waals surface area (Å²) in [5, 5.41) is 0. The van der Waals surface area contributed by atoms with E-state index < -0.39 is 12.8 Å². The highest BCUT2D eigenvalue weighted by atomic mass is 19.1. The molecule has 0 bridgehead atoms. The van der Waals surface area contributed by atoms with Crippen LogP contribution in [0.1, 0.15) is 24.6 Å². The summed E-state index contributed by atoms with van der Waals surface area (Å²) in [6.07, 6.45) is -0.432. The Hall–Kier alpha value is -0.920. The summed E-state index contributed by atoms with van der Waals surface area (Å²) in [6, 6.07) is 8.87. The van der Waals surface area contributed by atoms with Crippen molar-refractivity contribution in [2.45, 2.75) is 19.0 Å². The third-order valence-corrected chi connectivity index (χ3v) is 1.75. The Bertz CT molecular complexity index is 208. The minimum atomic E-state index is -1.01. The Morgan fingerprint density at radius 2 is 1.83 bits per heavy atom. The molecule has 0 aromatic heterocycles. The Morgan fingerprint density at radius 3 is 2.42 bits per heavy atom. The van der Waals surface area contributed by atoms with Gasteiger partial charge in [0, 0.05) is 0 Å². The zero-order valence-corrected chi connectivity index (χ0v) is 6.84. The maximum absolute atomic E-state index is 13.2. The van der Waals surface area contributed by atoms with E-state index in [2.05, 4.69) is 0 Å². The van der Waals surface area contributed by atoms with Crippen molar-refractivity contribution in [3.8, 4) is 0 Å². The molecular formula is C10H12F2. The molecule has 1 aromatic carbocycles. The number of hydrogen-bond donors (Lipinski definition) is 0. The lowest BCUT2D eigenvalue weighted by Gasteiger charge is -2.05. The molecule has 0 aliphatic rings. The molecule has 1 rings (SSSR count). The molecule has 66 valence electrons. The minimum Gasteiger partial charge on any atom is -0.251 e. The van der Waals surface area contributed by atoms with Gasteiger partial charge in [-0.1, -0.05) is 30.3 Å². The third kappa shape index (κ3) is 2.61. The largest absolute Gasteiger partial charge is 0.251 e. The van der Waals surface area contributed by atoms with Gasteiger partial charge < -0.3 is 0 Å². The number of benzene rings is 1. The normalized spacial score (nSPS) is 12.8. The van der Waals surface area contributed by atoms with E-state index in [1.165, 1.54) is 0 Å². The maximum atomic E-state index is 13.2. The first-order chi connectivity index (χ1) is 5.84. The number of halogens is 2. The van der Waals surface area contributed by atoms with E-state index in [0.29, 0.717) is 12.0 Å². The molecule has 0 saturated heterocycles. The van der Waals surface area contributed by atoms with Crippen LogP contribution in [-0.2, 0) is 0 Å². The van der Waals surface area contributed by atoms with Crippen LogP contribution in [0.3, 0.4) is 0 Å². The molecule has 0 heterocycles. The first-order valence-corrected chi connectivity index (χ1v) is 4.09. The van der Waals surface area contributed by atoms with Gasteiger partial charge in [0.15, 0.2) is 0 Å². The van der Waals surface area contributed by atoms with Gasteiger partial charge in [-0.25, -0.2) is 4.39 Å². The number of alkyl halides is 2. The lowest BCUT2D eigenvalue weighted by Crippen LogP contribution is -1.91. The Balaban J connectivity index is 2.48. The highest BCUT2D eigenvalue weighted by molar-refractivity contribution is 5.17. The quantitative estimate of drug-likeness (QED) is 0.649. The molecule has 0 amide bonds.